The maximum absolute atomic E-state index is 12.8. The van der Waals surface area contributed by atoms with Crippen LogP contribution in [0.3, 0.4) is 0 Å². The summed E-state index contributed by atoms with van der Waals surface area (Å²) in [6, 6.07) is 3.35. The van der Waals surface area contributed by atoms with E-state index in [1.165, 1.54) is 11.3 Å². The van der Waals surface area contributed by atoms with Crippen molar-refractivity contribution in [1.82, 2.24) is 25.1 Å². The third-order valence-electron chi connectivity index (χ3n) is 4.61. The fraction of sp³-hybridized carbons (Fsp3) is 0.438. The van der Waals surface area contributed by atoms with Crippen LogP contribution in [0.25, 0.3) is 0 Å². The molecule has 2 N–H and O–H groups in total. The van der Waals surface area contributed by atoms with Crippen LogP contribution in [-0.4, -0.2) is 64.3 Å². The fourth-order valence-electron chi connectivity index (χ4n) is 3.29. The van der Waals surface area contributed by atoms with Gasteiger partial charge in [-0.15, -0.1) is 11.3 Å². The molecular formula is C16H19N5O2S. The summed E-state index contributed by atoms with van der Waals surface area (Å²) < 4.78 is 0. The van der Waals surface area contributed by atoms with Crippen molar-refractivity contribution in [2.45, 2.75) is 12.5 Å². The molecule has 2 amide bonds. The summed E-state index contributed by atoms with van der Waals surface area (Å²) in [5.41, 5.74) is 1.85. The Morgan fingerprint density at radius 3 is 2.75 bits per heavy atom. The van der Waals surface area contributed by atoms with Gasteiger partial charge >= 0.3 is 0 Å². The highest BCUT2D eigenvalue weighted by Crippen LogP contribution is 2.22. The van der Waals surface area contributed by atoms with Gasteiger partial charge in [-0.2, -0.15) is 0 Å². The van der Waals surface area contributed by atoms with Gasteiger partial charge < -0.3 is 20.1 Å². The Kier molecular flexibility index (Phi) is 4.07. The van der Waals surface area contributed by atoms with E-state index in [9.17, 15) is 9.59 Å². The number of aromatic nitrogens is 2. The molecule has 8 heteroatoms. The van der Waals surface area contributed by atoms with E-state index in [2.05, 4.69) is 15.3 Å². The first-order valence-corrected chi connectivity index (χ1v) is 8.99. The van der Waals surface area contributed by atoms with Crippen molar-refractivity contribution in [1.29, 1.82) is 0 Å². The molecule has 0 bridgehead atoms. The summed E-state index contributed by atoms with van der Waals surface area (Å²) in [5.74, 6) is 0.105. The van der Waals surface area contributed by atoms with Crippen LogP contribution >= 0.6 is 11.3 Å². The predicted molar refractivity (Wildman–Crippen MR) is 89.8 cm³/mol. The molecule has 0 saturated carbocycles. The Labute approximate surface area is 143 Å². The maximum Gasteiger partial charge on any atom is 0.264 e. The summed E-state index contributed by atoms with van der Waals surface area (Å²) in [7, 11) is 0. The smallest absolute Gasteiger partial charge is 0.264 e. The zero-order valence-electron chi connectivity index (χ0n) is 13.2. The van der Waals surface area contributed by atoms with Crippen molar-refractivity contribution in [2.24, 2.45) is 0 Å². The highest BCUT2D eigenvalue weighted by atomic mass is 32.1. The van der Waals surface area contributed by atoms with Crippen LogP contribution in [0.2, 0.25) is 0 Å². The van der Waals surface area contributed by atoms with Gasteiger partial charge in [0.2, 0.25) is 5.91 Å². The number of H-pyrrole nitrogens is 1. The van der Waals surface area contributed by atoms with Gasteiger partial charge in [-0.3, -0.25) is 9.59 Å². The number of fused-ring (bicyclic) bond motifs is 1. The molecule has 4 rings (SSSR count). The van der Waals surface area contributed by atoms with Gasteiger partial charge in [0.05, 0.1) is 16.9 Å². The molecule has 1 saturated heterocycles. The maximum atomic E-state index is 12.8. The standard InChI is InChI=1S/C16H19N5O2S/c22-15(12-2-1-9-24-12)20-5-7-21(8-6-20)16(23)14-13-11(3-4-17-14)18-10-19-13/h1-2,9-10,14,17H,3-8H2,(H,18,19)/t14-/m0/s1. The van der Waals surface area contributed by atoms with E-state index in [4.69, 9.17) is 0 Å². The number of amides is 2. The van der Waals surface area contributed by atoms with Crippen molar-refractivity contribution in [3.63, 3.8) is 0 Å². The first-order chi connectivity index (χ1) is 11.7. The van der Waals surface area contributed by atoms with E-state index < -0.39 is 0 Å². The molecule has 1 atom stereocenters. The lowest BCUT2D eigenvalue weighted by molar-refractivity contribution is -0.135. The van der Waals surface area contributed by atoms with Crippen molar-refractivity contribution in [2.75, 3.05) is 32.7 Å². The van der Waals surface area contributed by atoms with Crippen molar-refractivity contribution in [3.8, 4) is 0 Å². The topological polar surface area (TPSA) is 81.3 Å². The molecule has 126 valence electrons. The quantitative estimate of drug-likeness (QED) is 0.837. The van der Waals surface area contributed by atoms with E-state index in [0.29, 0.717) is 26.2 Å². The summed E-state index contributed by atoms with van der Waals surface area (Å²) >= 11 is 1.45. The third kappa shape index (κ3) is 2.71. The van der Waals surface area contributed by atoms with E-state index in [1.807, 2.05) is 27.3 Å². The van der Waals surface area contributed by atoms with Crippen molar-refractivity contribution in [3.05, 3.63) is 40.1 Å². The molecule has 0 aliphatic carbocycles. The van der Waals surface area contributed by atoms with Gasteiger partial charge in [0.15, 0.2) is 0 Å². The molecule has 24 heavy (non-hydrogen) atoms. The van der Waals surface area contributed by atoms with Crippen LogP contribution in [0.5, 0.6) is 0 Å². The van der Waals surface area contributed by atoms with Crippen LogP contribution in [0, 0.1) is 0 Å². The molecule has 0 spiro atoms. The third-order valence-corrected chi connectivity index (χ3v) is 5.46. The molecule has 2 aromatic rings. The molecule has 2 aliphatic rings. The number of thiophene rings is 1. The molecule has 4 heterocycles. The Bertz CT molecular complexity index is 733. The molecule has 1 fully saturated rings. The molecule has 0 radical (unpaired) electrons. The summed E-state index contributed by atoms with van der Waals surface area (Å²) in [6.07, 6.45) is 2.51. The van der Waals surface area contributed by atoms with Gasteiger partial charge in [-0.1, -0.05) is 6.07 Å². The average molecular weight is 345 g/mol. The van der Waals surface area contributed by atoms with Crippen molar-refractivity contribution >= 4 is 23.2 Å². The molecular weight excluding hydrogens is 326 g/mol. The second kappa shape index (κ2) is 6.37. The van der Waals surface area contributed by atoms with E-state index in [-0.39, 0.29) is 17.9 Å². The highest BCUT2D eigenvalue weighted by Gasteiger charge is 2.34. The zero-order chi connectivity index (χ0) is 16.5. The van der Waals surface area contributed by atoms with Crippen LogP contribution in [0.15, 0.2) is 23.8 Å². The number of aromatic amines is 1. The molecule has 0 aromatic carbocycles. The second-order valence-electron chi connectivity index (χ2n) is 6.00. The van der Waals surface area contributed by atoms with Crippen LogP contribution in [0.1, 0.15) is 27.1 Å². The van der Waals surface area contributed by atoms with E-state index >= 15 is 0 Å². The Morgan fingerprint density at radius 1 is 1.21 bits per heavy atom. The Hall–Kier alpha value is -2.19. The van der Waals surface area contributed by atoms with Gasteiger partial charge in [-0.25, -0.2) is 4.98 Å². The average Bonchev–Trinajstić information content (AvgIpc) is 3.31. The number of imidazole rings is 1. The number of nitrogens with one attached hydrogen (secondary N) is 2. The summed E-state index contributed by atoms with van der Waals surface area (Å²) in [5, 5.41) is 5.17. The number of carbonyl (C=O) groups excluding carboxylic acids is 2. The number of nitrogens with zero attached hydrogens (tertiary/aromatic N) is 3. The molecule has 0 unspecified atom stereocenters. The minimum Gasteiger partial charge on any atom is -0.348 e. The predicted octanol–water partition coefficient (Wildman–Crippen LogP) is 0.643. The number of rotatable bonds is 2. The minimum absolute atomic E-state index is 0.0475. The molecule has 7 nitrogen and oxygen atoms in total. The lowest BCUT2D eigenvalue weighted by Gasteiger charge is -2.36. The summed E-state index contributed by atoms with van der Waals surface area (Å²) in [4.78, 5) is 37.0. The minimum atomic E-state index is -0.375. The van der Waals surface area contributed by atoms with Gasteiger partial charge in [0.1, 0.15) is 6.04 Å². The Morgan fingerprint density at radius 2 is 2.00 bits per heavy atom. The van der Waals surface area contributed by atoms with E-state index in [1.54, 1.807) is 6.33 Å². The number of carbonyl (C=O) groups is 2. The number of hydrogen-bond acceptors (Lipinski definition) is 5. The first kappa shape index (κ1) is 15.3. The number of piperazine rings is 1. The van der Waals surface area contributed by atoms with Crippen molar-refractivity contribution < 1.29 is 9.59 Å². The van der Waals surface area contributed by atoms with Gasteiger partial charge in [0.25, 0.3) is 5.91 Å². The van der Waals surface area contributed by atoms with Crippen LogP contribution < -0.4 is 5.32 Å². The van der Waals surface area contributed by atoms with E-state index in [0.717, 1.165) is 29.2 Å². The SMILES string of the molecule is O=C(c1cccs1)N1CCN(C(=O)[C@H]2NCCc3[nH]cnc32)CC1. The first-order valence-electron chi connectivity index (χ1n) is 8.11. The van der Waals surface area contributed by atoms with Gasteiger partial charge in [0, 0.05) is 44.8 Å². The number of hydrogen-bond donors (Lipinski definition) is 2. The fourth-order valence-corrected chi connectivity index (χ4v) is 3.98. The van der Waals surface area contributed by atoms with Crippen LogP contribution in [0.4, 0.5) is 0 Å². The monoisotopic (exact) mass is 345 g/mol. The molecule has 2 aromatic heterocycles. The van der Waals surface area contributed by atoms with Crippen LogP contribution in [-0.2, 0) is 11.2 Å². The Balaban J connectivity index is 1.40. The summed E-state index contributed by atoms with van der Waals surface area (Å²) in [6.45, 7) is 3.04. The second-order valence-corrected chi connectivity index (χ2v) is 6.95. The van der Waals surface area contributed by atoms with Gasteiger partial charge in [-0.05, 0) is 11.4 Å². The largest absolute Gasteiger partial charge is 0.348 e. The normalized spacial score (nSPS) is 20.8. The molecule has 2 aliphatic heterocycles. The lowest BCUT2D eigenvalue weighted by Crippen LogP contribution is -2.53. The zero-order valence-corrected chi connectivity index (χ0v) is 14.0. The lowest BCUT2D eigenvalue weighted by atomic mass is 10.0. The highest BCUT2D eigenvalue weighted by molar-refractivity contribution is 7.12.